The molecular weight excluding hydrogens is 659 g/mol. The molecular formula is C50H31N3O. The van der Waals surface area contributed by atoms with Gasteiger partial charge in [-0.05, 0) is 68.4 Å². The van der Waals surface area contributed by atoms with Crippen LogP contribution in [0, 0.1) is 0 Å². The van der Waals surface area contributed by atoms with Crippen LogP contribution in [0.25, 0.3) is 66.9 Å². The fourth-order valence-electron chi connectivity index (χ4n) is 8.62. The topological polar surface area (TPSA) is 47.9 Å². The molecule has 1 aromatic heterocycles. The van der Waals surface area contributed by atoms with E-state index >= 15 is 0 Å². The van der Waals surface area contributed by atoms with Crippen LogP contribution in [0.4, 0.5) is 0 Å². The van der Waals surface area contributed by atoms with Crippen LogP contribution < -0.4 is 4.74 Å². The number of nitrogens with zero attached hydrogens (tertiary/aromatic N) is 3. The summed E-state index contributed by atoms with van der Waals surface area (Å²) < 4.78 is 6.58. The molecule has 4 heteroatoms. The standard InChI is InChI=1S/C50H31N3O/c1-2-13-35(14-3-1)49-51-47(48(52-53-49)34-25-22-33(23-26-34)37-27-24-32-12-4-5-15-36(32)30-37)38-28-29-40-39-16-6-7-17-41(39)50(44(40)31-38)42-18-8-10-20-45(42)54-46-21-11-9-19-43(46)50/h1-31H. The third kappa shape index (κ3) is 4.53. The Morgan fingerprint density at radius 1 is 0.352 bits per heavy atom. The van der Waals surface area contributed by atoms with Gasteiger partial charge in [0.1, 0.15) is 22.9 Å². The lowest BCUT2D eigenvalue weighted by Gasteiger charge is -2.39. The van der Waals surface area contributed by atoms with Gasteiger partial charge in [-0.25, -0.2) is 4.98 Å². The molecule has 11 rings (SSSR count). The highest BCUT2D eigenvalue weighted by atomic mass is 16.5. The van der Waals surface area contributed by atoms with Gasteiger partial charge < -0.3 is 4.74 Å². The van der Waals surface area contributed by atoms with Gasteiger partial charge in [0.25, 0.3) is 0 Å². The normalized spacial score (nSPS) is 13.1. The van der Waals surface area contributed by atoms with Gasteiger partial charge in [0.05, 0.1) is 5.41 Å². The molecule has 0 saturated carbocycles. The minimum Gasteiger partial charge on any atom is -0.457 e. The fourth-order valence-corrected chi connectivity index (χ4v) is 8.62. The fraction of sp³-hybridized carbons (Fsp3) is 0.0200. The Labute approximate surface area is 313 Å². The molecule has 252 valence electrons. The second kappa shape index (κ2) is 11.9. The lowest BCUT2D eigenvalue weighted by Crippen LogP contribution is -2.32. The Morgan fingerprint density at radius 3 is 1.72 bits per heavy atom. The first-order valence-electron chi connectivity index (χ1n) is 18.3. The predicted molar refractivity (Wildman–Crippen MR) is 216 cm³/mol. The first-order chi connectivity index (χ1) is 26.8. The van der Waals surface area contributed by atoms with Crippen LogP contribution in [0.5, 0.6) is 11.5 Å². The predicted octanol–water partition coefficient (Wildman–Crippen LogP) is 12.2. The molecule has 0 fully saturated rings. The van der Waals surface area contributed by atoms with Crippen LogP contribution in [0.15, 0.2) is 188 Å². The highest BCUT2D eigenvalue weighted by molar-refractivity contribution is 5.92. The molecule has 2 heterocycles. The molecule has 0 atom stereocenters. The number of rotatable bonds is 4. The molecule has 1 spiro atoms. The maximum Gasteiger partial charge on any atom is 0.182 e. The number of fused-ring (bicyclic) bond motifs is 10. The number of hydrogen-bond acceptors (Lipinski definition) is 4. The zero-order valence-corrected chi connectivity index (χ0v) is 29.1. The van der Waals surface area contributed by atoms with Gasteiger partial charge in [-0.3, -0.25) is 0 Å². The molecule has 0 saturated heterocycles. The van der Waals surface area contributed by atoms with E-state index < -0.39 is 5.41 Å². The van der Waals surface area contributed by atoms with Crippen molar-refractivity contribution in [2.24, 2.45) is 0 Å². The minimum absolute atomic E-state index is 0.586. The second-order valence-corrected chi connectivity index (χ2v) is 14.0. The molecule has 1 aliphatic heterocycles. The van der Waals surface area contributed by atoms with E-state index in [2.05, 4.69) is 146 Å². The van der Waals surface area contributed by atoms with Gasteiger partial charge in [-0.15, -0.1) is 10.2 Å². The largest absolute Gasteiger partial charge is 0.457 e. The summed E-state index contributed by atoms with van der Waals surface area (Å²) >= 11 is 0. The molecule has 1 aliphatic carbocycles. The first kappa shape index (κ1) is 30.5. The number of aromatic nitrogens is 3. The Balaban J connectivity index is 1.12. The molecule has 54 heavy (non-hydrogen) atoms. The lowest BCUT2D eigenvalue weighted by molar-refractivity contribution is 0.436. The van der Waals surface area contributed by atoms with E-state index in [-0.39, 0.29) is 0 Å². The summed E-state index contributed by atoms with van der Waals surface area (Å²) in [5.41, 5.74) is 13.2. The van der Waals surface area contributed by atoms with Crippen molar-refractivity contribution < 1.29 is 4.74 Å². The highest BCUT2D eigenvalue weighted by Crippen LogP contribution is 2.62. The van der Waals surface area contributed by atoms with E-state index in [0.717, 1.165) is 56.3 Å². The maximum absolute atomic E-state index is 6.58. The molecule has 8 aromatic carbocycles. The SMILES string of the molecule is c1ccc(-c2nnc(-c3ccc(-c4ccc5ccccc5c4)cc3)c(-c3ccc4c(c3)C3(c5ccccc5Oc5ccccc53)c3ccccc3-4)n2)cc1. The molecule has 0 unspecified atom stereocenters. The molecule has 0 radical (unpaired) electrons. The van der Waals surface area contributed by atoms with Gasteiger partial charge in [-0.2, -0.15) is 0 Å². The molecule has 9 aromatic rings. The summed E-state index contributed by atoms with van der Waals surface area (Å²) in [6, 6.07) is 66.3. The van der Waals surface area contributed by atoms with Crippen molar-refractivity contribution in [1.29, 1.82) is 0 Å². The summed E-state index contributed by atoms with van der Waals surface area (Å²) in [5.74, 6) is 2.32. The summed E-state index contributed by atoms with van der Waals surface area (Å²) in [7, 11) is 0. The maximum atomic E-state index is 6.58. The van der Waals surface area contributed by atoms with Gasteiger partial charge in [0, 0.05) is 27.8 Å². The first-order valence-corrected chi connectivity index (χ1v) is 18.3. The lowest BCUT2D eigenvalue weighted by atomic mass is 9.66. The third-order valence-electron chi connectivity index (χ3n) is 11.1. The van der Waals surface area contributed by atoms with Crippen LogP contribution in [0.1, 0.15) is 22.3 Å². The van der Waals surface area contributed by atoms with E-state index in [9.17, 15) is 0 Å². The van der Waals surface area contributed by atoms with Crippen molar-refractivity contribution in [3.63, 3.8) is 0 Å². The minimum atomic E-state index is -0.586. The van der Waals surface area contributed by atoms with E-state index in [4.69, 9.17) is 19.9 Å². The van der Waals surface area contributed by atoms with E-state index in [1.807, 2.05) is 42.5 Å². The van der Waals surface area contributed by atoms with Crippen LogP contribution in [-0.2, 0) is 5.41 Å². The van der Waals surface area contributed by atoms with Gasteiger partial charge >= 0.3 is 0 Å². The van der Waals surface area contributed by atoms with Crippen molar-refractivity contribution in [3.8, 4) is 67.7 Å². The number of ether oxygens (including phenoxy) is 1. The Morgan fingerprint density at radius 2 is 0.944 bits per heavy atom. The van der Waals surface area contributed by atoms with Gasteiger partial charge in [-0.1, -0.05) is 164 Å². The van der Waals surface area contributed by atoms with Gasteiger partial charge in [0.2, 0.25) is 0 Å². The third-order valence-corrected chi connectivity index (χ3v) is 11.1. The highest BCUT2D eigenvalue weighted by Gasteiger charge is 2.51. The van der Waals surface area contributed by atoms with Crippen LogP contribution in [0.2, 0.25) is 0 Å². The van der Waals surface area contributed by atoms with Crippen LogP contribution >= 0.6 is 0 Å². The van der Waals surface area contributed by atoms with Crippen LogP contribution in [0.3, 0.4) is 0 Å². The molecule has 0 amide bonds. The Kier molecular flexibility index (Phi) is 6.73. The van der Waals surface area contributed by atoms with Crippen LogP contribution in [-0.4, -0.2) is 15.2 Å². The van der Waals surface area contributed by atoms with E-state index in [1.54, 1.807) is 0 Å². The summed E-state index contributed by atoms with van der Waals surface area (Å²) in [6.45, 7) is 0. The number of benzene rings is 8. The quantitative estimate of drug-likeness (QED) is 0.185. The average molecular weight is 690 g/mol. The molecule has 4 nitrogen and oxygen atoms in total. The summed E-state index contributed by atoms with van der Waals surface area (Å²) in [4.78, 5) is 5.30. The monoisotopic (exact) mass is 689 g/mol. The Hall–Kier alpha value is -7.17. The average Bonchev–Trinajstić information content (AvgIpc) is 3.53. The smallest absolute Gasteiger partial charge is 0.182 e. The van der Waals surface area contributed by atoms with Crippen molar-refractivity contribution in [2.75, 3.05) is 0 Å². The Bertz CT molecular complexity index is 2870. The van der Waals surface area contributed by atoms with Crippen molar-refractivity contribution >= 4 is 10.8 Å². The summed E-state index contributed by atoms with van der Waals surface area (Å²) in [6.07, 6.45) is 0. The second-order valence-electron chi connectivity index (χ2n) is 14.0. The zero-order chi connectivity index (χ0) is 35.6. The number of hydrogen-bond donors (Lipinski definition) is 0. The van der Waals surface area contributed by atoms with Crippen molar-refractivity contribution in [1.82, 2.24) is 15.2 Å². The molecule has 0 bridgehead atoms. The van der Waals surface area contributed by atoms with Crippen molar-refractivity contribution in [2.45, 2.75) is 5.41 Å². The van der Waals surface area contributed by atoms with E-state index in [1.165, 1.54) is 38.6 Å². The zero-order valence-electron chi connectivity index (χ0n) is 29.1. The van der Waals surface area contributed by atoms with Gasteiger partial charge in [0.15, 0.2) is 5.82 Å². The molecule has 2 aliphatic rings. The molecule has 0 N–H and O–H groups in total. The summed E-state index contributed by atoms with van der Waals surface area (Å²) in [5, 5.41) is 12.1. The van der Waals surface area contributed by atoms with E-state index in [0.29, 0.717) is 5.82 Å². The number of para-hydroxylation sites is 2. The van der Waals surface area contributed by atoms with Crippen molar-refractivity contribution in [3.05, 3.63) is 210 Å².